The Morgan fingerprint density at radius 3 is 2.66 bits per heavy atom. The van der Waals surface area contributed by atoms with Gasteiger partial charge in [-0.05, 0) is 49.1 Å². The Morgan fingerprint density at radius 2 is 1.91 bits per heavy atom. The Hall–Kier alpha value is -3.42. The summed E-state index contributed by atoms with van der Waals surface area (Å²) in [6.45, 7) is 4.05. The molecule has 0 saturated carbocycles. The van der Waals surface area contributed by atoms with Crippen molar-refractivity contribution in [1.29, 1.82) is 0 Å². The van der Waals surface area contributed by atoms with Crippen molar-refractivity contribution in [1.82, 2.24) is 15.1 Å². The van der Waals surface area contributed by atoms with Gasteiger partial charge in [-0.1, -0.05) is 36.4 Å². The van der Waals surface area contributed by atoms with E-state index in [0.717, 1.165) is 15.7 Å². The molecule has 2 aliphatic heterocycles. The van der Waals surface area contributed by atoms with Gasteiger partial charge in [-0.15, -0.1) is 0 Å². The van der Waals surface area contributed by atoms with E-state index >= 15 is 0 Å². The minimum Gasteiger partial charge on any atom is -0.466 e. The Morgan fingerprint density at radius 1 is 1.16 bits per heavy atom. The van der Waals surface area contributed by atoms with Crippen molar-refractivity contribution < 1.29 is 23.9 Å². The predicted octanol–water partition coefficient (Wildman–Crippen LogP) is 2.41. The van der Waals surface area contributed by atoms with Crippen LogP contribution in [-0.2, 0) is 24.7 Å². The SMILES string of the molecule is CCOC(=O)[C@H]1CCCN(C(=O)CN2C(=O)N[C@](C)(c3ccc4ccccc4c3)C2=O)C1. The Bertz CT molecular complexity index is 1080. The van der Waals surface area contributed by atoms with Crippen molar-refractivity contribution in [3.05, 3.63) is 48.0 Å². The van der Waals surface area contributed by atoms with Crippen LogP contribution in [-0.4, -0.2) is 59.9 Å². The van der Waals surface area contributed by atoms with Gasteiger partial charge in [0.2, 0.25) is 5.91 Å². The lowest BCUT2D eigenvalue weighted by atomic mass is 9.90. The molecule has 2 aliphatic rings. The van der Waals surface area contributed by atoms with Gasteiger partial charge in [0.05, 0.1) is 12.5 Å². The predicted molar refractivity (Wildman–Crippen MR) is 117 cm³/mol. The van der Waals surface area contributed by atoms with Crippen molar-refractivity contribution in [2.45, 2.75) is 32.2 Å². The van der Waals surface area contributed by atoms with Gasteiger partial charge in [-0.25, -0.2) is 4.79 Å². The molecule has 32 heavy (non-hydrogen) atoms. The molecule has 0 bridgehead atoms. The number of carbonyl (C=O) groups excluding carboxylic acids is 4. The smallest absolute Gasteiger partial charge is 0.325 e. The molecule has 8 heteroatoms. The van der Waals surface area contributed by atoms with Gasteiger partial charge in [0.15, 0.2) is 0 Å². The first-order valence-corrected chi connectivity index (χ1v) is 10.9. The molecule has 168 valence electrons. The van der Waals surface area contributed by atoms with Crippen LogP contribution in [0, 0.1) is 5.92 Å². The lowest BCUT2D eigenvalue weighted by molar-refractivity contribution is -0.152. The maximum Gasteiger partial charge on any atom is 0.325 e. The highest BCUT2D eigenvalue weighted by atomic mass is 16.5. The second-order valence-electron chi connectivity index (χ2n) is 8.44. The molecule has 0 spiro atoms. The zero-order chi connectivity index (χ0) is 22.9. The summed E-state index contributed by atoms with van der Waals surface area (Å²) in [4.78, 5) is 53.4. The number of rotatable bonds is 5. The molecule has 0 radical (unpaired) electrons. The third-order valence-corrected chi connectivity index (χ3v) is 6.29. The summed E-state index contributed by atoms with van der Waals surface area (Å²) in [5.41, 5.74) is -0.596. The number of carbonyl (C=O) groups is 4. The average Bonchev–Trinajstić information content (AvgIpc) is 3.02. The van der Waals surface area contributed by atoms with Crippen LogP contribution in [0.25, 0.3) is 10.8 Å². The van der Waals surface area contributed by atoms with Crippen molar-refractivity contribution in [3.8, 4) is 0 Å². The molecule has 2 aromatic rings. The van der Waals surface area contributed by atoms with E-state index in [9.17, 15) is 19.2 Å². The second kappa shape index (κ2) is 8.61. The zero-order valence-electron chi connectivity index (χ0n) is 18.3. The molecule has 2 fully saturated rings. The molecule has 1 N–H and O–H groups in total. The molecule has 0 aromatic heterocycles. The maximum absolute atomic E-state index is 13.2. The summed E-state index contributed by atoms with van der Waals surface area (Å²) >= 11 is 0. The normalized spacial score (nSPS) is 23.4. The fourth-order valence-electron chi connectivity index (χ4n) is 4.43. The summed E-state index contributed by atoms with van der Waals surface area (Å²) in [5, 5.41) is 4.75. The molecule has 2 heterocycles. The van der Waals surface area contributed by atoms with E-state index in [1.54, 1.807) is 13.8 Å². The van der Waals surface area contributed by atoms with Crippen LogP contribution in [0.3, 0.4) is 0 Å². The summed E-state index contributed by atoms with van der Waals surface area (Å²) in [6, 6.07) is 12.8. The van der Waals surface area contributed by atoms with Crippen molar-refractivity contribution >= 4 is 34.6 Å². The third-order valence-electron chi connectivity index (χ3n) is 6.29. The van der Waals surface area contributed by atoms with E-state index in [1.165, 1.54) is 4.90 Å². The number of ether oxygens (including phenoxy) is 1. The van der Waals surface area contributed by atoms with E-state index in [1.807, 2.05) is 42.5 Å². The number of benzene rings is 2. The number of fused-ring (bicyclic) bond motifs is 1. The number of piperidine rings is 1. The number of imide groups is 1. The molecular formula is C24H27N3O5. The van der Waals surface area contributed by atoms with Gasteiger partial charge >= 0.3 is 12.0 Å². The topological polar surface area (TPSA) is 96.0 Å². The van der Waals surface area contributed by atoms with Crippen molar-refractivity contribution in [2.24, 2.45) is 5.92 Å². The summed E-state index contributed by atoms with van der Waals surface area (Å²) in [7, 11) is 0. The van der Waals surface area contributed by atoms with Gasteiger partial charge < -0.3 is 15.0 Å². The Kier molecular flexibility index (Phi) is 5.86. The minimum atomic E-state index is -1.25. The lowest BCUT2D eigenvalue weighted by Crippen LogP contribution is -2.48. The first-order valence-electron chi connectivity index (χ1n) is 10.9. The summed E-state index contributed by atoms with van der Waals surface area (Å²) < 4.78 is 5.08. The number of hydrogen-bond acceptors (Lipinski definition) is 5. The van der Waals surface area contributed by atoms with Gasteiger partial charge in [0.25, 0.3) is 5.91 Å². The number of esters is 1. The van der Waals surface area contributed by atoms with Crippen LogP contribution in [0.2, 0.25) is 0 Å². The molecule has 2 aromatic carbocycles. The monoisotopic (exact) mass is 437 g/mol. The van der Waals surface area contributed by atoms with Gasteiger partial charge in [-0.2, -0.15) is 0 Å². The maximum atomic E-state index is 13.2. The van der Waals surface area contributed by atoms with E-state index in [0.29, 0.717) is 31.6 Å². The van der Waals surface area contributed by atoms with Gasteiger partial charge in [0, 0.05) is 13.1 Å². The van der Waals surface area contributed by atoms with E-state index in [-0.39, 0.29) is 30.9 Å². The molecule has 0 aliphatic carbocycles. The highest BCUT2D eigenvalue weighted by Crippen LogP contribution is 2.31. The number of urea groups is 1. The highest BCUT2D eigenvalue weighted by molar-refractivity contribution is 6.09. The quantitative estimate of drug-likeness (QED) is 0.573. The van der Waals surface area contributed by atoms with Crippen LogP contribution in [0.5, 0.6) is 0 Å². The van der Waals surface area contributed by atoms with Crippen LogP contribution in [0.4, 0.5) is 4.79 Å². The van der Waals surface area contributed by atoms with Crippen LogP contribution in [0.15, 0.2) is 42.5 Å². The molecule has 8 nitrogen and oxygen atoms in total. The van der Waals surface area contributed by atoms with E-state index in [2.05, 4.69) is 5.32 Å². The molecule has 0 unspecified atom stereocenters. The minimum absolute atomic E-state index is 0.239. The molecule has 4 amide bonds. The molecule has 2 saturated heterocycles. The first-order chi connectivity index (χ1) is 15.3. The standard InChI is InChI=1S/C24H27N3O5/c1-3-32-21(29)18-9-6-12-26(14-18)20(28)15-27-22(30)24(2,25-23(27)31)19-11-10-16-7-4-5-8-17(16)13-19/h4-5,7-8,10-11,13,18H,3,6,9,12,14-15H2,1-2H3,(H,25,31)/t18-,24+/m0/s1. The molecule has 4 rings (SSSR count). The van der Waals surface area contributed by atoms with Crippen molar-refractivity contribution in [3.63, 3.8) is 0 Å². The fourth-order valence-corrected chi connectivity index (χ4v) is 4.43. The molecule has 2 atom stereocenters. The average molecular weight is 437 g/mol. The number of nitrogens with one attached hydrogen (secondary N) is 1. The summed E-state index contributed by atoms with van der Waals surface area (Å²) in [5.74, 6) is -1.52. The van der Waals surface area contributed by atoms with Gasteiger partial charge in [-0.3, -0.25) is 19.3 Å². The van der Waals surface area contributed by atoms with E-state index in [4.69, 9.17) is 4.74 Å². The number of amides is 4. The number of hydrogen-bond donors (Lipinski definition) is 1. The summed E-state index contributed by atoms with van der Waals surface area (Å²) in [6.07, 6.45) is 1.33. The largest absolute Gasteiger partial charge is 0.466 e. The van der Waals surface area contributed by atoms with Crippen LogP contribution in [0.1, 0.15) is 32.3 Å². The Balaban J connectivity index is 1.48. The Labute approximate surface area is 186 Å². The third kappa shape index (κ3) is 3.92. The van der Waals surface area contributed by atoms with Crippen LogP contribution < -0.4 is 5.32 Å². The lowest BCUT2D eigenvalue weighted by Gasteiger charge is -2.32. The fraction of sp³-hybridized carbons (Fsp3) is 0.417. The number of likely N-dealkylation sites (tertiary alicyclic amines) is 1. The van der Waals surface area contributed by atoms with Crippen LogP contribution >= 0.6 is 0 Å². The first kappa shape index (κ1) is 21.8. The highest BCUT2D eigenvalue weighted by Gasteiger charge is 2.50. The van der Waals surface area contributed by atoms with E-state index < -0.39 is 17.5 Å². The molecular weight excluding hydrogens is 410 g/mol. The number of nitrogens with zero attached hydrogens (tertiary/aromatic N) is 2. The zero-order valence-corrected chi connectivity index (χ0v) is 18.3. The van der Waals surface area contributed by atoms with Gasteiger partial charge in [0.1, 0.15) is 12.1 Å². The second-order valence-corrected chi connectivity index (χ2v) is 8.44. The van der Waals surface area contributed by atoms with Crippen molar-refractivity contribution in [2.75, 3.05) is 26.2 Å².